The van der Waals surface area contributed by atoms with Gasteiger partial charge in [-0.3, -0.25) is 0 Å². The van der Waals surface area contributed by atoms with Crippen molar-refractivity contribution in [2.24, 2.45) is 0 Å². The molecule has 0 atom stereocenters. The van der Waals surface area contributed by atoms with E-state index in [2.05, 4.69) is 92.9 Å². The molecule has 0 spiro atoms. The Morgan fingerprint density at radius 1 is 0.677 bits per heavy atom. The lowest BCUT2D eigenvalue weighted by molar-refractivity contribution is 0.281. The van der Waals surface area contributed by atoms with Gasteiger partial charge < -0.3 is 13.0 Å². The Labute approximate surface area is 186 Å². The number of rotatable bonds is 5. The van der Waals surface area contributed by atoms with Gasteiger partial charge in [-0.1, -0.05) is 54.6 Å². The van der Waals surface area contributed by atoms with Crippen molar-refractivity contribution >= 4 is 38.7 Å². The van der Waals surface area contributed by atoms with Crippen LogP contribution in [0.2, 0.25) is 26.2 Å². The minimum atomic E-state index is -2.35. The molecule has 31 heavy (non-hydrogen) atoms. The second-order valence-corrected chi connectivity index (χ2v) is 16.2. The summed E-state index contributed by atoms with van der Waals surface area (Å²) in [6.07, 6.45) is 0.973. The lowest BCUT2D eigenvalue weighted by Gasteiger charge is -2.31. The Balaban J connectivity index is 1.51. The maximum Gasteiger partial charge on any atom is 0.383 e. The fourth-order valence-corrected chi connectivity index (χ4v) is 10.7. The zero-order valence-electron chi connectivity index (χ0n) is 18.8. The van der Waals surface area contributed by atoms with E-state index in [1.165, 1.54) is 43.8 Å². The number of benzene rings is 4. The third-order valence-electron chi connectivity index (χ3n) is 6.13. The maximum atomic E-state index is 6.36. The van der Waals surface area contributed by atoms with Crippen LogP contribution in [0, 0.1) is 0 Å². The Hall–Kier alpha value is -2.45. The van der Waals surface area contributed by atoms with E-state index in [1.807, 2.05) is 0 Å². The first-order valence-electron chi connectivity index (χ1n) is 10.8. The molecule has 0 amide bonds. The second-order valence-electron chi connectivity index (χ2n) is 9.17. The van der Waals surface area contributed by atoms with Crippen molar-refractivity contribution in [3.63, 3.8) is 0 Å². The minimum Gasteiger partial charge on any atom is -0.521 e. The summed E-state index contributed by atoms with van der Waals surface area (Å²) in [6.45, 7) is 8.26. The Kier molecular flexibility index (Phi) is 4.82. The molecule has 0 aromatic heterocycles. The molecule has 4 aromatic carbocycles. The summed E-state index contributed by atoms with van der Waals surface area (Å²) in [4.78, 5) is 0. The summed E-state index contributed by atoms with van der Waals surface area (Å²) in [5.74, 6) is 0.867. The van der Waals surface area contributed by atoms with Crippen LogP contribution in [-0.2, 0) is 15.0 Å². The topological polar surface area (TPSA) is 27.7 Å². The van der Waals surface area contributed by atoms with E-state index >= 15 is 0 Å². The van der Waals surface area contributed by atoms with Crippen LogP contribution >= 0.6 is 0 Å². The number of hydrogen-bond donors (Lipinski definition) is 0. The van der Waals surface area contributed by atoms with Crippen molar-refractivity contribution in [2.75, 3.05) is 7.11 Å². The van der Waals surface area contributed by atoms with Crippen molar-refractivity contribution in [3.05, 3.63) is 77.9 Å². The van der Waals surface area contributed by atoms with Gasteiger partial charge in [0.2, 0.25) is 0 Å². The van der Waals surface area contributed by atoms with Crippen LogP contribution < -0.4 is 4.43 Å². The van der Waals surface area contributed by atoms with Gasteiger partial charge in [0.1, 0.15) is 5.75 Å². The molecule has 3 nitrogen and oxygen atoms in total. The molecule has 1 aliphatic rings. The summed E-state index contributed by atoms with van der Waals surface area (Å²) in [6, 6.07) is 24.1. The van der Waals surface area contributed by atoms with Crippen LogP contribution in [0.4, 0.5) is 0 Å². The van der Waals surface area contributed by atoms with Crippen LogP contribution in [0.3, 0.4) is 0 Å². The van der Waals surface area contributed by atoms with Gasteiger partial charge in [-0.25, -0.2) is 0 Å². The fourth-order valence-electron chi connectivity index (χ4n) is 4.77. The van der Waals surface area contributed by atoms with Crippen LogP contribution in [-0.4, -0.2) is 24.2 Å². The highest BCUT2D eigenvalue weighted by Gasteiger charge is 2.37. The average Bonchev–Trinajstić information content (AvgIpc) is 3.12. The molecular weight excluding hydrogens is 416 g/mol. The van der Waals surface area contributed by atoms with Gasteiger partial charge in [-0.15, -0.1) is 0 Å². The molecule has 0 saturated carbocycles. The molecule has 4 aromatic rings. The lowest BCUT2D eigenvalue weighted by Crippen LogP contribution is -2.49. The summed E-state index contributed by atoms with van der Waals surface area (Å²) in [5, 5.41) is 5.18. The molecule has 0 heterocycles. The predicted octanol–water partition coefficient (Wildman–Crippen LogP) is 7.01. The van der Waals surface area contributed by atoms with Crippen molar-refractivity contribution < 1.29 is 13.0 Å². The molecule has 0 saturated heterocycles. The molecule has 158 valence electrons. The molecule has 0 aliphatic heterocycles. The van der Waals surface area contributed by atoms with Gasteiger partial charge in [0.25, 0.3) is 0 Å². The van der Waals surface area contributed by atoms with E-state index in [9.17, 15) is 0 Å². The van der Waals surface area contributed by atoms with E-state index < -0.39 is 17.1 Å². The average molecular weight is 445 g/mol. The van der Waals surface area contributed by atoms with Gasteiger partial charge in [0.15, 0.2) is 0 Å². The summed E-state index contributed by atoms with van der Waals surface area (Å²) in [7, 11) is -2.79. The first-order valence-corrected chi connectivity index (χ1v) is 16.4. The molecule has 0 fully saturated rings. The maximum absolute atomic E-state index is 6.36. The van der Waals surface area contributed by atoms with E-state index in [-0.39, 0.29) is 0 Å². The van der Waals surface area contributed by atoms with Crippen molar-refractivity contribution in [2.45, 2.75) is 32.6 Å². The summed E-state index contributed by atoms with van der Waals surface area (Å²) < 4.78 is 18.2. The molecule has 0 N–H and O–H groups in total. The van der Waals surface area contributed by atoms with Gasteiger partial charge >= 0.3 is 17.1 Å². The highest BCUT2D eigenvalue weighted by atomic mass is 28.5. The molecule has 0 unspecified atom stereocenters. The van der Waals surface area contributed by atoms with E-state index in [4.69, 9.17) is 13.0 Å². The van der Waals surface area contributed by atoms with Crippen LogP contribution in [0.25, 0.3) is 32.7 Å². The van der Waals surface area contributed by atoms with E-state index in [0.717, 1.165) is 12.2 Å². The fraction of sp³-hybridized carbons (Fsp3) is 0.231. The minimum absolute atomic E-state index is 0.867. The second kappa shape index (κ2) is 7.31. The lowest BCUT2D eigenvalue weighted by atomic mass is 9.98. The van der Waals surface area contributed by atoms with Crippen LogP contribution in [0.1, 0.15) is 11.1 Å². The standard InChI is InChI=1S/C26H28O3Si2/c1-27-30(2,3)29-31(4,5)28-20-12-15-22-19(16-20)11-14-24-23-13-10-18-8-6-7-9-21(18)25(23)17-26(22)24/h6-16H,17H2,1-5H3. The number of hydrogen-bond acceptors (Lipinski definition) is 3. The summed E-state index contributed by atoms with van der Waals surface area (Å²) in [5.41, 5.74) is 5.57. The van der Waals surface area contributed by atoms with E-state index in [0.29, 0.717) is 0 Å². The zero-order chi connectivity index (χ0) is 21.8. The SMILES string of the molecule is CO[Si](C)(C)O[Si](C)(C)Oc1ccc2c3c(ccc2c1)-c1ccc2ccccc2c1C3. The first kappa shape index (κ1) is 20.5. The van der Waals surface area contributed by atoms with Crippen LogP contribution in [0.15, 0.2) is 66.7 Å². The monoisotopic (exact) mass is 444 g/mol. The quantitative estimate of drug-likeness (QED) is 0.273. The Morgan fingerprint density at radius 3 is 2.03 bits per heavy atom. The molecule has 0 bridgehead atoms. The highest BCUT2D eigenvalue weighted by molar-refractivity contribution is 6.79. The van der Waals surface area contributed by atoms with Crippen molar-refractivity contribution in [1.82, 2.24) is 0 Å². The van der Waals surface area contributed by atoms with Gasteiger partial charge in [-0.2, -0.15) is 0 Å². The third kappa shape index (κ3) is 3.72. The zero-order valence-corrected chi connectivity index (χ0v) is 20.8. The Bertz CT molecular complexity index is 1310. The van der Waals surface area contributed by atoms with E-state index in [1.54, 1.807) is 7.11 Å². The smallest absolute Gasteiger partial charge is 0.383 e. The first-order chi connectivity index (χ1) is 14.8. The van der Waals surface area contributed by atoms with Gasteiger partial charge in [0.05, 0.1) is 0 Å². The largest absolute Gasteiger partial charge is 0.521 e. The van der Waals surface area contributed by atoms with Gasteiger partial charge in [0, 0.05) is 7.11 Å². The number of fused-ring (bicyclic) bond motifs is 7. The molecule has 5 rings (SSSR count). The normalized spacial score (nSPS) is 13.5. The third-order valence-corrected chi connectivity index (χ3v) is 11.8. The summed E-state index contributed by atoms with van der Waals surface area (Å²) >= 11 is 0. The molecule has 0 radical (unpaired) electrons. The van der Waals surface area contributed by atoms with Crippen molar-refractivity contribution in [3.8, 4) is 16.9 Å². The highest BCUT2D eigenvalue weighted by Crippen LogP contribution is 2.43. The van der Waals surface area contributed by atoms with Crippen molar-refractivity contribution in [1.29, 1.82) is 0 Å². The molecular formula is C26H28O3Si2. The molecule has 1 aliphatic carbocycles. The van der Waals surface area contributed by atoms with Gasteiger partial charge in [-0.05, 0) is 88.5 Å². The molecule has 5 heteroatoms. The van der Waals surface area contributed by atoms with Crippen LogP contribution in [0.5, 0.6) is 5.75 Å². The Morgan fingerprint density at radius 2 is 1.32 bits per heavy atom. The predicted molar refractivity (Wildman–Crippen MR) is 133 cm³/mol.